The van der Waals surface area contributed by atoms with Crippen LogP contribution in [0.4, 0.5) is 11.5 Å². The Kier molecular flexibility index (Phi) is 6.49. The zero-order chi connectivity index (χ0) is 28.1. The van der Waals surface area contributed by atoms with Gasteiger partial charge in [-0.05, 0) is 63.2 Å². The summed E-state index contributed by atoms with van der Waals surface area (Å²) in [5, 5.41) is 12.6. The van der Waals surface area contributed by atoms with Crippen LogP contribution in [0, 0.1) is 0 Å². The van der Waals surface area contributed by atoms with Gasteiger partial charge in [0.15, 0.2) is 0 Å². The van der Waals surface area contributed by atoms with Gasteiger partial charge in [0.25, 0.3) is 0 Å². The first kappa shape index (κ1) is 26.1. The minimum Gasteiger partial charge on any atom is -0.508 e. The lowest BCUT2D eigenvalue weighted by atomic mass is 10.0. The quantitative estimate of drug-likeness (QED) is 0.462. The number of carbonyl (C=O) groups excluding carboxylic acids is 1. The number of aromatic nitrogens is 2. The number of anilines is 2. The summed E-state index contributed by atoms with van der Waals surface area (Å²) < 4.78 is 6.75. The number of likely N-dealkylation sites (tertiary alicyclic amines) is 1. The number of rotatable bonds is 6. The van der Waals surface area contributed by atoms with Crippen molar-refractivity contribution in [3.05, 3.63) is 60.3 Å². The first-order chi connectivity index (χ1) is 19.9. The predicted molar refractivity (Wildman–Crippen MR) is 160 cm³/mol. The summed E-state index contributed by atoms with van der Waals surface area (Å²) in [7, 11) is 2.20. The predicted octanol–water partition coefficient (Wildman–Crippen LogP) is 3.74. The highest BCUT2D eigenvalue weighted by Gasteiger charge is 2.55. The molecule has 1 amide bonds. The number of likely N-dealkylation sites (N-methyl/N-ethyl adjacent to an activating group) is 1. The maximum Gasteiger partial charge on any atom is 0.319 e. The molecule has 1 aromatic heterocycles. The van der Waals surface area contributed by atoms with Gasteiger partial charge in [-0.1, -0.05) is 30.8 Å². The van der Waals surface area contributed by atoms with Crippen molar-refractivity contribution in [1.29, 1.82) is 0 Å². The highest BCUT2D eigenvalue weighted by molar-refractivity contribution is 5.95. The van der Waals surface area contributed by atoms with E-state index >= 15 is 0 Å². The number of ether oxygens (including phenoxy) is 1. The summed E-state index contributed by atoms with van der Waals surface area (Å²) in [6, 6.07) is 12.7. The first-order valence-corrected chi connectivity index (χ1v) is 14.9. The molecule has 2 saturated heterocycles. The van der Waals surface area contributed by atoms with Crippen LogP contribution in [0.15, 0.2) is 49.1 Å². The third-order valence-corrected chi connectivity index (χ3v) is 9.42. The zero-order valence-corrected chi connectivity index (χ0v) is 23.8. The molecule has 9 heteroatoms. The molecular formula is C32H38N6O3. The fraction of sp³-hybridized carbons (Fsp3) is 0.469. The third-order valence-electron chi connectivity index (χ3n) is 9.42. The number of piperazine rings is 1. The standard InChI is InChI=1S/C32H38N6O3/c1-3-29(40)36-15-17-37(18-16-36)30-25-10-14-38(27-20-23(39)19-22-7-4-5-8-24(22)27)21-26(25)33-31(34-30)41-32(11-12-32)28-9-6-13-35(28)2/h3-5,7-8,19-20,28,39H,1,6,9-18,21H2,2H3/t28-/m0/s1. The van der Waals surface area contributed by atoms with Crippen molar-refractivity contribution >= 4 is 28.2 Å². The molecule has 0 unspecified atom stereocenters. The van der Waals surface area contributed by atoms with E-state index in [9.17, 15) is 9.90 Å². The molecular weight excluding hydrogens is 516 g/mol. The van der Waals surface area contributed by atoms with E-state index in [0.717, 1.165) is 72.3 Å². The van der Waals surface area contributed by atoms with Crippen LogP contribution in [0.2, 0.25) is 0 Å². The normalized spacial score (nSPS) is 22.1. The number of carbonyl (C=O) groups is 1. The zero-order valence-electron chi connectivity index (χ0n) is 23.8. The highest BCUT2D eigenvalue weighted by atomic mass is 16.5. The fourth-order valence-electron chi connectivity index (χ4n) is 7.09. The smallest absolute Gasteiger partial charge is 0.319 e. The Morgan fingerprint density at radius 2 is 1.88 bits per heavy atom. The molecule has 214 valence electrons. The van der Waals surface area contributed by atoms with Crippen LogP contribution < -0.4 is 14.5 Å². The van der Waals surface area contributed by atoms with Crippen molar-refractivity contribution in [3.63, 3.8) is 0 Å². The van der Waals surface area contributed by atoms with Gasteiger partial charge in [0.2, 0.25) is 5.91 Å². The van der Waals surface area contributed by atoms with Crippen molar-refractivity contribution in [2.45, 2.75) is 50.3 Å². The summed E-state index contributed by atoms with van der Waals surface area (Å²) in [5.74, 6) is 1.18. The van der Waals surface area contributed by atoms with Crippen molar-refractivity contribution in [1.82, 2.24) is 19.8 Å². The number of hydrogen-bond acceptors (Lipinski definition) is 8. The summed E-state index contributed by atoms with van der Waals surface area (Å²) in [4.78, 5) is 31.2. The van der Waals surface area contributed by atoms with Gasteiger partial charge in [0, 0.05) is 61.5 Å². The van der Waals surface area contributed by atoms with Crippen LogP contribution in [0.3, 0.4) is 0 Å². The number of amides is 1. The number of phenols is 1. The molecule has 0 radical (unpaired) electrons. The number of fused-ring (bicyclic) bond motifs is 2. The SMILES string of the molecule is C=CC(=O)N1CCN(c2nc(OC3([C@@H]4CCCN4C)CC3)nc3c2CCN(c2cc(O)cc4ccccc24)C3)CC1. The minimum atomic E-state index is -0.207. The lowest BCUT2D eigenvalue weighted by molar-refractivity contribution is -0.126. The number of aromatic hydroxyl groups is 1. The second-order valence-corrected chi connectivity index (χ2v) is 11.9. The van der Waals surface area contributed by atoms with Crippen molar-refractivity contribution < 1.29 is 14.6 Å². The Morgan fingerprint density at radius 1 is 1.07 bits per heavy atom. The van der Waals surface area contributed by atoms with Crippen molar-refractivity contribution in [2.24, 2.45) is 0 Å². The van der Waals surface area contributed by atoms with Gasteiger partial charge in [0.05, 0.1) is 12.2 Å². The molecule has 1 N–H and O–H groups in total. The van der Waals surface area contributed by atoms with Crippen LogP contribution in [-0.4, -0.2) is 88.7 Å². The van der Waals surface area contributed by atoms with Gasteiger partial charge in [-0.3, -0.25) is 9.69 Å². The van der Waals surface area contributed by atoms with E-state index in [2.05, 4.69) is 34.4 Å². The molecule has 4 aliphatic rings. The second-order valence-electron chi connectivity index (χ2n) is 11.9. The van der Waals surface area contributed by atoms with Crippen LogP contribution >= 0.6 is 0 Å². The van der Waals surface area contributed by atoms with E-state index in [1.165, 1.54) is 12.5 Å². The van der Waals surface area contributed by atoms with Gasteiger partial charge in [-0.25, -0.2) is 0 Å². The fourth-order valence-corrected chi connectivity index (χ4v) is 7.09. The Morgan fingerprint density at radius 3 is 2.61 bits per heavy atom. The Balaban J connectivity index is 1.23. The summed E-state index contributed by atoms with van der Waals surface area (Å²) in [6.45, 7) is 8.85. The number of hydrogen-bond donors (Lipinski definition) is 1. The minimum absolute atomic E-state index is 0.0243. The molecule has 1 atom stereocenters. The van der Waals surface area contributed by atoms with E-state index in [4.69, 9.17) is 14.7 Å². The monoisotopic (exact) mass is 554 g/mol. The average molecular weight is 555 g/mol. The van der Waals surface area contributed by atoms with E-state index in [1.807, 2.05) is 35.2 Å². The topological polar surface area (TPSA) is 85.3 Å². The molecule has 1 aliphatic carbocycles. The molecule has 3 aliphatic heterocycles. The Labute approximate surface area is 241 Å². The maximum absolute atomic E-state index is 12.2. The molecule has 1 saturated carbocycles. The molecule has 3 aromatic rings. The molecule has 0 spiro atoms. The molecule has 2 aromatic carbocycles. The summed E-state index contributed by atoms with van der Waals surface area (Å²) in [5.41, 5.74) is 2.94. The van der Waals surface area contributed by atoms with Crippen LogP contribution in [0.25, 0.3) is 10.8 Å². The molecule has 7 rings (SSSR count). The molecule has 3 fully saturated rings. The maximum atomic E-state index is 12.2. The molecule has 41 heavy (non-hydrogen) atoms. The van der Waals surface area contributed by atoms with E-state index in [-0.39, 0.29) is 17.3 Å². The van der Waals surface area contributed by atoms with E-state index in [0.29, 0.717) is 44.8 Å². The Bertz CT molecular complexity index is 1500. The van der Waals surface area contributed by atoms with Gasteiger partial charge in [-0.15, -0.1) is 0 Å². The molecule has 9 nitrogen and oxygen atoms in total. The Hall–Kier alpha value is -3.85. The number of nitrogens with zero attached hydrogens (tertiary/aromatic N) is 6. The van der Waals surface area contributed by atoms with E-state index in [1.54, 1.807) is 0 Å². The lowest BCUT2D eigenvalue weighted by Crippen LogP contribution is -2.49. The van der Waals surface area contributed by atoms with Gasteiger partial charge in [-0.2, -0.15) is 9.97 Å². The van der Waals surface area contributed by atoms with E-state index < -0.39 is 0 Å². The van der Waals surface area contributed by atoms with Crippen LogP contribution in [-0.2, 0) is 17.8 Å². The largest absolute Gasteiger partial charge is 0.508 e. The van der Waals surface area contributed by atoms with Crippen LogP contribution in [0.5, 0.6) is 11.8 Å². The average Bonchev–Trinajstić information content (AvgIpc) is 3.63. The van der Waals surface area contributed by atoms with Gasteiger partial charge < -0.3 is 24.5 Å². The summed E-state index contributed by atoms with van der Waals surface area (Å²) >= 11 is 0. The van der Waals surface area contributed by atoms with Crippen molar-refractivity contribution in [2.75, 3.05) is 56.1 Å². The number of benzene rings is 2. The van der Waals surface area contributed by atoms with Gasteiger partial charge >= 0.3 is 6.01 Å². The van der Waals surface area contributed by atoms with Gasteiger partial charge in [0.1, 0.15) is 17.2 Å². The summed E-state index contributed by atoms with van der Waals surface area (Å²) in [6.07, 6.45) is 6.58. The number of phenolic OH excluding ortho intramolecular Hbond substituents is 1. The second kappa shape index (κ2) is 10.2. The first-order valence-electron chi connectivity index (χ1n) is 14.9. The third kappa shape index (κ3) is 4.76. The highest BCUT2D eigenvalue weighted by Crippen LogP contribution is 2.48. The lowest BCUT2D eigenvalue weighted by Gasteiger charge is -2.38. The van der Waals surface area contributed by atoms with Crippen molar-refractivity contribution in [3.8, 4) is 11.8 Å². The van der Waals surface area contributed by atoms with Crippen LogP contribution in [0.1, 0.15) is 36.9 Å². The molecule has 4 heterocycles. The molecule has 0 bridgehead atoms.